The second-order valence-corrected chi connectivity index (χ2v) is 5.19. The minimum atomic E-state index is -0.805. The van der Waals surface area contributed by atoms with E-state index in [0.717, 1.165) is 5.56 Å². The van der Waals surface area contributed by atoms with Crippen LogP contribution < -0.4 is 5.32 Å². The van der Waals surface area contributed by atoms with Gasteiger partial charge in [0.2, 0.25) is 5.91 Å². The van der Waals surface area contributed by atoms with Crippen LogP contribution in [0.2, 0.25) is 0 Å². The Morgan fingerprint density at radius 2 is 2.10 bits per heavy atom. The maximum atomic E-state index is 12.3. The van der Waals surface area contributed by atoms with Crippen LogP contribution in [0.15, 0.2) is 48.6 Å². The zero-order chi connectivity index (χ0) is 15.5. The molecule has 0 bridgehead atoms. The summed E-state index contributed by atoms with van der Waals surface area (Å²) < 4.78 is 5.12. The van der Waals surface area contributed by atoms with Crippen molar-refractivity contribution >= 4 is 17.6 Å². The molecule has 0 radical (unpaired) electrons. The van der Waals surface area contributed by atoms with E-state index in [4.69, 9.17) is 4.74 Å². The number of carbonyl (C=O) groups excluding carboxylic acids is 2. The van der Waals surface area contributed by atoms with Crippen LogP contribution in [-0.4, -0.2) is 18.5 Å². The zero-order valence-corrected chi connectivity index (χ0v) is 12.3. The standard InChI is InChI=1S/C17H19NO3/c1-4-17(3)11-13(15(19)21-5-2)14(18-16(17)20)12-9-7-6-8-10-12/h4,6-10H,1,5,11H2,2-3H3,(H,18,20). The molecule has 1 aliphatic heterocycles. The van der Waals surface area contributed by atoms with E-state index >= 15 is 0 Å². The molecule has 0 aliphatic carbocycles. The Kier molecular flexibility index (Phi) is 4.26. The number of hydrogen-bond donors (Lipinski definition) is 1. The minimum absolute atomic E-state index is 0.163. The second-order valence-electron chi connectivity index (χ2n) is 5.19. The summed E-state index contributed by atoms with van der Waals surface area (Å²) in [5, 5.41) is 2.83. The van der Waals surface area contributed by atoms with Gasteiger partial charge in [0.25, 0.3) is 0 Å². The molecule has 1 N–H and O–H groups in total. The third-order valence-corrected chi connectivity index (χ3v) is 3.64. The van der Waals surface area contributed by atoms with Crippen LogP contribution in [0.3, 0.4) is 0 Å². The fourth-order valence-corrected chi connectivity index (χ4v) is 2.28. The van der Waals surface area contributed by atoms with Gasteiger partial charge >= 0.3 is 5.97 Å². The molecule has 4 nitrogen and oxygen atoms in total. The van der Waals surface area contributed by atoms with Crippen LogP contribution in [0.25, 0.3) is 5.70 Å². The van der Waals surface area contributed by atoms with Gasteiger partial charge in [-0.2, -0.15) is 0 Å². The second kappa shape index (κ2) is 5.95. The Balaban J connectivity index is 2.53. The van der Waals surface area contributed by atoms with E-state index in [1.807, 2.05) is 30.3 Å². The molecule has 1 atom stereocenters. The number of carbonyl (C=O) groups is 2. The third kappa shape index (κ3) is 2.89. The molecule has 1 aromatic rings. The van der Waals surface area contributed by atoms with Crippen molar-refractivity contribution in [3.8, 4) is 0 Å². The molecule has 110 valence electrons. The summed E-state index contributed by atoms with van der Waals surface area (Å²) in [6, 6.07) is 9.31. The van der Waals surface area contributed by atoms with Crippen LogP contribution in [0.4, 0.5) is 0 Å². The molecule has 0 aromatic heterocycles. The molecule has 1 unspecified atom stereocenters. The highest BCUT2D eigenvalue weighted by molar-refractivity contribution is 6.05. The highest BCUT2D eigenvalue weighted by atomic mass is 16.5. The zero-order valence-electron chi connectivity index (χ0n) is 12.3. The van der Waals surface area contributed by atoms with Gasteiger partial charge in [-0.15, -0.1) is 6.58 Å². The first-order chi connectivity index (χ1) is 10.0. The van der Waals surface area contributed by atoms with Crippen molar-refractivity contribution in [2.45, 2.75) is 20.3 Å². The van der Waals surface area contributed by atoms with Crippen molar-refractivity contribution < 1.29 is 14.3 Å². The Hall–Kier alpha value is -2.36. The topological polar surface area (TPSA) is 55.4 Å². The Morgan fingerprint density at radius 1 is 1.43 bits per heavy atom. The SMILES string of the molecule is C=CC1(C)CC(C(=O)OCC)=C(c2ccccc2)NC1=O. The molecular weight excluding hydrogens is 266 g/mol. The average molecular weight is 285 g/mol. The molecular formula is C17H19NO3. The largest absolute Gasteiger partial charge is 0.463 e. The van der Waals surface area contributed by atoms with Gasteiger partial charge in [-0.3, -0.25) is 4.79 Å². The molecule has 1 heterocycles. The first kappa shape index (κ1) is 15.0. The van der Waals surface area contributed by atoms with E-state index in [0.29, 0.717) is 17.9 Å². The first-order valence-electron chi connectivity index (χ1n) is 6.92. The first-order valence-corrected chi connectivity index (χ1v) is 6.92. The highest BCUT2D eigenvalue weighted by Crippen LogP contribution is 2.36. The fourth-order valence-electron chi connectivity index (χ4n) is 2.28. The van der Waals surface area contributed by atoms with E-state index in [-0.39, 0.29) is 12.3 Å². The van der Waals surface area contributed by atoms with E-state index in [1.54, 1.807) is 19.9 Å². The monoisotopic (exact) mass is 285 g/mol. The lowest BCUT2D eigenvalue weighted by Gasteiger charge is -2.32. The third-order valence-electron chi connectivity index (χ3n) is 3.64. The molecule has 2 rings (SSSR count). The molecule has 0 spiro atoms. The number of nitrogens with one attached hydrogen (secondary N) is 1. The fraction of sp³-hybridized carbons (Fsp3) is 0.294. The lowest BCUT2D eigenvalue weighted by Crippen LogP contribution is -2.42. The Bertz CT molecular complexity index is 604. The number of ether oxygens (including phenoxy) is 1. The molecule has 0 saturated carbocycles. The maximum absolute atomic E-state index is 12.3. The highest BCUT2D eigenvalue weighted by Gasteiger charge is 2.39. The van der Waals surface area contributed by atoms with Crippen LogP contribution in [0, 0.1) is 5.41 Å². The van der Waals surface area contributed by atoms with E-state index < -0.39 is 11.4 Å². The quantitative estimate of drug-likeness (QED) is 0.683. The smallest absolute Gasteiger partial charge is 0.336 e. The summed E-state index contributed by atoms with van der Waals surface area (Å²) in [6.07, 6.45) is 1.86. The summed E-state index contributed by atoms with van der Waals surface area (Å²) in [6.45, 7) is 7.52. The van der Waals surface area contributed by atoms with Crippen molar-refractivity contribution in [2.75, 3.05) is 6.61 Å². The minimum Gasteiger partial charge on any atom is -0.463 e. The molecule has 1 aromatic carbocycles. The van der Waals surface area contributed by atoms with Crippen LogP contribution in [0.1, 0.15) is 25.8 Å². The van der Waals surface area contributed by atoms with Gasteiger partial charge in [0.1, 0.15) is 0 Å². The lowest BCUT2D eigenvalue weighted by molar-refractivity contribution is -0.139. The summed E-state index contributed by atoms with van der Waals surface area (Å²) in [5.74, 6) is -0.561. The van der Waals surface area contributed by atoms with Crippen molar-refractivity contribution in [2.24, 2.45) is 5.41 Å². The number of hydrogen-bond acceptors (Lipinski definition) is 3. The molecule has 1 amide bonds. The molecule has 21 heavy (non-hydrogen) atoms. The normalized spacial score (nSPS) is 21.7. The van der Waals surface area contributed by atoms with Crippen LogP contribution in [0.5, 0.6) is 0 Å². The molecule has 0 saturated heterocycles. The maximum Gasteiger partial charge on any atom is 0.336 e. The van der Waals surface area contributed by atoms with Crippen molar-refractivity contribution in [3.63, 3.8) is 0 Å². The van der Waals surface area contributed by atoms with Gasteiger partial charge < -0.3 is 10.1 Å². The van der Waals surface area contributed by atoms with Gasteiger partial charge in [-0.05, 0) is 25.8 Å². The van der Waals surface area contributed by atoms with Crippen molar-refractivity contribution in [3.05, 3.63) is 54.1 Å². The van der Waals surface area contributed by atoms with Gasteiger partial charge in [-0.25, -0.2) is 4.79 Å². The van der Waals surface area contributed by atoms with Gasteiger partial charge in [0, 0.05) is 0 Å². The van der Waals surface area contributed by atoms with Crippen molar-refractivity contribution in [1.29, 1.82) is 0 Å². The van der Waals surface area contributed by atoms with Gasteiger partial charge in [0.05, 0.1) is 23.3 Å². The molecule has 0 fully saturated rings. The summed E-state index contributed by atoms with van der Waals surface area (Å²) in [4.78, 5) is 24.5. The average Bonchev–Trinajstić information content (AvgIpc) is 2.50. The number of esters is 1. The molecule has 1 aliphatic rings. The number of rotatable bonds is 4. The number of benzene rings is 1. The van der Waals surface area contributed by atoms with E-state index in [9.17, 15) is 9.59 Å². The lowest BCUT2D eigenvalue weighted by atomic mass is 9.78. The van der Waals surface area contributed by atoms with E-state index in [2.05, 4.69) is 11.9 Å². The summed E-state index contributed by atoms with van der Waals surface area (Å²) in [5.41, 5.74) is 0.990. The van der Waals surface area contributed by atoms with Gasteiger partial charge in [0.15, 0.2) is 0 Å². The number of amides is 1. The summed E-state index contributed by atoms with van der Waals surface area (Å²) in [7, 11) is 0. The van der Waals surface area contributed by atoms with Crippen LogP contribution >= 0.6 is 0 Å². The van der Waals surface area contributed by atoms with Gasteiger partial charge in [-0.1, -0.05) is 36.4 Å². The Labute approximate surface area is 124 Å². The Morgan fingerprint density at radius 3 is 2.67 bits per heavy atom. The molecule has 4 heteroatoms. The predicted octanol–water partition coefficient (Wildman–Crippen LogP) is 2.67. The predicted molar refractivity (Wildman–Crippen MR) is 81.1 cm³/mol. The summed E-state index contributed by atoms with van der Waals surface area (Å²) >= 11 is 0. The van der Waals surface area contributed by atoms with Crippen LogP contribution in [-0.2, 0) is 14.3 Å². The van der Waals surface area contributed by atoms with Crippen molar-refractivity contribution in [1.82, 2.24) is 5.32 Å². The van der Waals surface area contributed by atoms with E-state index in [1.165, 1.54) is 0 Å².